The van der Waals surface area contributed by atoms with E-state index in [9.17, 15) is 58.4 Å². The van der Waals surface area contributed by atoms with E-state index in [0.717, 1.165) is 30.3 Å². The van der Waals surface area contributed by atoms with Crippen LogP contribution in [0.25, 0.3) is 21.5 Å². The third-order valence-corrected chi connectivity index (χ3v) is 10.2. The van der Waals surface area contributed by atoms with Crippen LogP contribution in [-0.4, -0.2) is 58.4 Å². The number of hydrogen-bond donors (Lipinski definition) is 10. The van der Waals surface area contributed by atoms with E-state index in [0.29, 0.717) is 0 Å². The molecule has 0 heterocycles. The van der Waals surface area contributed by atoms with Crippen molar-refractivity contribution in [2.45, 2.75) is 19.6 Å². The van der Waals surface area contributed by atoms with Gasteiger partial charge in [-0.1, -0.05) is 6.07 Å². The van der Waals surface area contributed by atoms with E-state index in [2.05, 4.69) is 20.5 Å². The molecular weight excluding hydrogens is 719 g/mol. The van der Waals surface area contributed by atoms with Crippen LogP contribution in [0.3, 0.4) is 0 Å². The van der Waals surface area contributed by atoms with E-state index in [1.54, 1.807) is 0 Å². The summed E-state index contributed by atoms with van der Waals surface area (Å²) in [6, 6.07) is 13.8. The Hall–Kier alpha value is -4.30. The van der Waals surface area contributed by atoms with Crippen LogP contribution in [0.15, 0.2) is 113 Å². The van der Waals surface area contributed by atoms with Crippen LogP contribution in [0.4, 0.5) is 28.4 Å². The number of rotatable bonds is 8. The average Bonchev–Trinajstić information content (AvgIpc) is 2.97. The van der Waals surface area contributed by atoms with Crippen LogP contribution >= 0.6 is 21.7 Å². The summed E-state index contributed by atoms with van der Waals surface area (Å²) in [5.41, 5.74) is 4.79. The van der Waals surface area contributed by atoms with E-state index in [1.165, 1.54) is 42.5 Å². The molecule has 0 spiro atoms. The van der Waals surface area contributed by atoms with Crippen molar-refractivity contribution in [3.05, 3.63) is 72.8 Å². The van der Waals surface area contributed by atoms with Crippen LogP contribution in [0, 0.1) is 0 Å². The molecule has 5 rings (SSSR count). The molecule has 0 aromatic heterocycles. The lowest BCUT2D eigenvalue weighted by atomic mass is 10.1. The Morgan fingerprint density at radius 2 is 1.08 bits per heavy atom. The minimum atomic E-state index is -4.84. The van der Waals surface area contributed by atoms with E-state index in [1.807, 2.05) is 0 Å². The molecule has 0 atom stereocenters. The number of anilines is 1. The van der Waals surface area contributed by atoms with Crippen molar-refractivity contribution in [3.8, 4) is 5.75 Å². The van der Waals surface area contributed by atoms with Crippen molar-refractivity contribution in [2.75, 3.05) is 5.73 Å². The van der Waals surface area contributed by atoms with Gasteiger partial charge < -0.3 is 38.2 Å². The lowest BCUT2D eigenvalue weighted by Crippen LogP contribution is -2.03. The van der Waals surface area contributed by atoms with Crippen LogP contribution in [-0.2, 0) is 20.2 Å². The third kappa shape index (κ3) is 7.24. The first kappa shape index (κ1) is 35.0. The van der Waals surface area contributed by atoms with Crippen LogP contribution in [0.1, 0.15) is 0 Å². The van der Waals surface area contributed by atoms with E-state index < -0.39 is 73.8 Å². The number of hydrogen-bond acceptors (Lipinski definition) is 16. The molecule has 0 saturated carbocycles. The number of nitrogens with two attached hydrogens (primary N) is 1. The molecule has 0 aliphatic rings. The van der Waals surface area contributed by atoms with Gasteiger partial charge in [-0.2, -0.15) is 21.9 Å². The smallest absolute Gasteiger partial charge is 0.296 e. The van der Waals surface area contributed by atoms with Crippen molar-refractivity contribution in [2.24, 2.45) is 20.5 Å². The van der Waals surface area contributed by atoms with Gasteiger partial charge in [0.25, 0.3) is 20.2 Å². The molecule has 5 aromatic carbocycles. The molecular formula is C26H23N5O13S4. The highest BCUT2D eigenvalue weighted by Gasteiger charge is 2.27. The number of phenols is 1. The van der Waals surface area contributed by atoms with Gasteiger partial charge in [-0.05, 0) is 72.1 Å². The summed E-state index contributed by atoms with van der Waals surface area (Å²) < 4.78 is 125. The summed E-state index contributed by atoms with van der Waals surface area (Å²) in [6.45, 7) is 0. The van der Waals surface area contributed by atoms with Crippen LogP contribution in [0.5, 0.6) is 5.75 Å². The summed E-state index contributed by atoms with van der Waals surface area (Å²) in [5.74, 6) is -0.837. The molecule has 0 aliphatic heterocycles. The van der Waals surface area contributed by atoms with Gasteiger partial charge >= 0.3 is 0 Å². The zero-order chi connectivity index (χ0) is 35.4. The summed E-state index contributed by atoms with van der Waals surface area (Å²) in [7, 11) is -18.2. The zero-order valence-corrected chi connectivity index (χ0v) is 26.9. The maximum Gasteiger partial charge on any atom is 0.296 e. The molecule has 254 valence electrons. The molecule has 18 nitrogen and oxygen atoms in total. The SMILES string of the molecule is Nc1cc2c(O)c(N=Nc3ccc(N=Nc4ccc(S(O)(O)O)cc4)c4ccc(S(=O)(=O)O)cc34)c(S(O)(O)O)cc2cc1S(=O)(=O)O. The van der Waals surface area contributed by atoms with Gasteiger partial charge in [0.05, 0.1) is 37.4 Å². The second-order valence-corrected chi connectivity index (χ2v) is 15.7. The second-order valence-electron chi connectivity index (χ2n) is 9.88. The first-order chi connectivity index (χ1) is 22.1. The molecule has 0 radical (unpaired) electrons. The summed E-state index contributed by atoms with van der Waals surface area (Å²) in [5, 5.41) is 26.9. The van der Waals surface area contributed by atoms with E-state index in [-0.39, 0.29) is 43.5 Å². The summed E-state index contributed by atoms with van der Waals surface area (Å²) >= 11 is 0. The second kappa shape index (κ2) is 12.3. The largest absolute Gasteiger partial charge is 0.505 e. The predicted molar refractivity (Wildman–Crippen MR) is 176 cm³/mol. The van der Waals surface area contributed by atoms with Gasteiger partial charge in [-0.25, -0.2) is 0 Å². The standard InChI is InChI=1S/C26H23N5O13S4/c27-20-12-18-13(9-23(20)47(39,40)41)10-24(48(42,43)44)25(26(18)32)31-30-22-8-7-21(17-6-5-16(11-19(17)22)46(36,37)38)29-28-14-1-3-15(4-2-14)45(33,34)35/h1-12,32-35,42-44H,27H2,(H,36,37,38)(H,39,40,41). The molecule has 0 bridgehead atoms. The Labute approximate surface area is 273 Å². The molecule has 11 N–H and O–H groups in total. The van der Waals surface area contributed by atoms with Gasteiger partial charge in [-0.3, -0.25) is 9.11 Å². The van der Waals surface area contributed by atoms with Gasteiger partial charge in [0.15, 0.2) is 5.75 Å². The zero-order valence-electron chi connectivity index (χ0n) is 23.6. The Bertz CT molecular complexity index is 2390. The summed E-state index contributed by atoms with van der Waals surface area (Å²) in [4.78, 5) is -2.27. The maximum absolute atomic E-state index is 11.9. The van der Waals surface area contributed by atoms with Crippen LogP contribution < -0.4 is 5.73 Å². The fraction of sp³-hybridized carbons (Fsp3) is 0. The topological polar surface area (TPSA) is 326 Å². The normalized spacial score (nSPS) is 14.0. The number of phenolic OH excluding ortho intramolecular Hbond substituents is 1. The maximum atomic E-state index is 11.9. The van der Waals surface area contributed by atoms with Gasteiger partial charge in [0, 0.05) is 16.2 Å². The van der Waals surface area contributed by atoms with Crippen molar-refractivity contribution < 1.29 is 58.4 Å². The predicted octanol–water partition coefficient (Wildman–Crippen LogP) is 7.77. The first-order valence-electron chi connectivity index (χ1n) is 12.7. The number of benzene rings is 5. The molecule has 48 heavy (non-hydrogen) atoms. The van der Waals surface area contributed by atoms with Gasteiger partial charge in [0.2, 0.25) is 0 Å². The molecule has 0 aliphatic carbocycles. The number of aromatic hydroxyl groups is 1. The van der Waals surface area contributed by atoms with Crippen molar-refractivity contribution in [1.82, 2.24) is 0 Å². The Balaban J connectivity index is 1.66. The Morgan fingerprint density at radius 3 is 1.65 bits per heavy atom. The van der Waals surface area contributed by atoms with Crippen LogP contribution in [0.2, 0.25) is 0 Å². The molecule has 0 saturated heterocycles. The lowest BCUT2D eigenvalue weighted by Gasteiger charge is -2.22. The fourth-order valence-corrected chi connectivity index (χ4v) is 6.78. The highest BCUT2D eigenvalue weighted by Crippen LogP contribution is 2.55. The third-order valence-electron chi connectivity index (χ3n) is 6.68. The quantitative estimate of drug-likeness (QED) is 0.0412. The lowest BCUT2D eigenvalue weighted by molar-refractivity contribution is 0.373. The Kier molecular flexibility index (Phi) is 8.97. The Morgan fingerprint density at radius 1 is 0.521 bits per heavy atom. The number of azo groups is 2. The average molecular weight is 742 g/mol. The molecule has 22 heteroatoms. The number of nitrogens with zero attached hydrogens (tertiary/aromatic N) is 4. The minimum absolute atomic E-state index is 0.00868. The minimum Gasteiger partial charge on any atom is -0.505 e. The first-order valence-corrected chi connectivity index (χ1v) is 18.6. The molecule has 5 aromatic rings. The molecule has 0 fully saturated rings. The highest BCUT2D eigenvalue weighted by atomic mass is 32.3. The molecule has 0 amide bonds. The van der Waals surface area contributed by atoms with Gasteiger partial charge in [-0.15, -0.1) is 15.3 Å². The van der Waals surface area contributed by atoms with E-state index in [4.69, 9.17) is 5.73 Å². The molecule has 0 unspecified atom stereocenters. The van der Waals surface area contributed by atoms with Crippen molar-refractivity contribution in [1.29, 1.82) is 0 Å². The highest BCUT2D eigenvalue weighted by molar-refractivity contribution is 8.19. The van der Waals surface area contributed by atoms with Crippen molar-refractivity contribution >= 4 is 92.0 Å². The number of nitrogen functional groups attached to an aromatic ring is 1. The van der Waals surface area contributed by atoms with E-state index >= 15 is 0 Å². The van der Waals surface area contributed by atoms with Crippen molar-refractivity contribution in [3.63, 3.8) is 0 Å². The monoisotopic (exact) mass is 741 g/mol. The fourth-order valence-electron chi connectivity index (χ4n) is 4.46. The van der Waals surface area contributed by atoms with Gasteiger partial charge in [0.1, 0.15) is 32.3 Å². The number of fused-ring (bicyclic) bond motifs is 2. The summed E-state index contributed by atoms with van der Waals surface area (Å²) in [6.07, 6.45) is 0.